The number of methoxy groups -OCH3 is 1. The largest absolute Gasteiger partial charge is 0.493 e. The van der Waals surface area contributed by atoms with Crippen molar-refractivity contribution in [3.63, 3.8) is 0 Å². The SMILES string of the molecule is COc1cc(C(=O)N2CCC2)cc2c1OCC=CC2. The van der Waals surface area contributed by atoms with E-state index in [-0.39, 0.29) is 5.91 Å². The van der Waals surface area contributed by atoms with Gasteiger partial charge in [0.2, 0.25) is 0 Å². The monoisotopic (exact) mass is 259 g/mol. The van der Waals surface area contributed by atoms with Crippen LogP contribution in [-0.4, -0.2) is 37.6 Å². The molecule has 4 nitrogen and oxygen atoms in total. The van der Waals surface area contributed by atoms with Crippen LogP contribution in [0.2, 0.25) is 0 Å². The molecule has 1 saturated heterocycles. The summed E-state index contributed by atoms with van der Waals surface area (Å²) < 4.78 is 11.0. The summed E-state index contributed by atoms with van der Waals surface area (Å²) in [6.07, 6.45) is 5.91. The number of amides is 1. The third kappa shape index (κ3) is 2.18. The molecule has 0 unspecified atom stereocenters. The highest BCUT2D eigenvalue weighted by atomic mass is 16.5. The summed E-state index contributed by atoms with van der Waals surface area (Å²) in [5, 5.41) is 0. The molecule has 0 radical (unpaired) electrons. The van der Waals surface area contributed by atoms with Gasteiger partial charge in [-0.15, -0.1) is 0 Å². The molecule has 0 aromatic heterocycles. The van der Waals surface area contributed by atoms with Crippen LogP contribution in [0, 0.1) is 0 Å². The number of carbonyl (C=O) groups excluding carboxylic acids is 1. The summed E-state index contributed by atoms with van der Waals surface area (Å²) in [4.78, 5) is 14.1. The summed E-state index contributed by atoms with van der Waals surface area (Å²) in [6.45, 7) is 2.26. The van der Waals surface area contributed by atoms with E-state index in [0.717, 1.165) is 37.2 Å². The van der Waals surface area contributed by atoms with Gasteiger partial charge in [0.25, 0.3) is 5.91 Å². The highest BCUT2D eigenvalue weighted by molar-refractivity contribution is 5.95. The van der Waals surface area contributed by atoms with Crippen molar-refractivity contribution in [3.05, 3.63) is 35.4 Å². The molecule has 0 aliphatic carbocycles. The summed E-state index contributed by atoms with van der Waals surface area (Å²) >= 11 is 0. The number of benzene rings is 1. The van der Waals surface area contributed by atoms with Crippen LogP contribution in [0.15, 0.2) is 24.3 Å². The number of ether oxygens (including phenoxy) is 2. The van der Waals surface area contributed by atoms with Crippen molar-refractivity contribution in [2.75, 3.05) is 26.8 Å². The van der Waals surface area contributed by atoms with E-state index in [9.17, 15) is 4.79 Å². The Balaban J connectivity index is 1.99. The van der Waals surface area contributed by atoms with Gasteiger partial charge in [-0.3, -0.25) is 4.79 Å². The van der Waals surface area contributed by atoms with Gasteiger partial charge in [-0.25, -0.2) is 0 Å². The lowest BCUT2D eigenvalue weighted by Crippen LogP contribution is -2.42. The fourth-order valence-corrected chi connectivity index (χ4v) is 2.36. The van der Waals surface area contributed by atoms with Gasteiger partial charge in [-0.05, 0) is 25.0 Å². The fraction of sp³-hybridized carbons (Fsp3) is 0.400. The second kappa shape index (κ2) is 4.96. The molecule has 2 heterocycles. The standard InChI is InChI=1S/C15H17NO3/c1-18-13-10-12(15(17)16-6-4-7-16)9-11-5-2-3-8-19-14(11)13/h2-3,9-10H,4-8H2,1H3. The lowest BCUT2D eigenvalue weighted by Gasteiger charge is -2.31. The summed E-state index contributed by atoms with van der Waals surface area (Å²) in [7, 11) is 1.61. The molecule has 0 atom stereocenters. The lowest BCUT2D eigenvalue weighted by molar-refractivity contribution is 0.0651. The molecule has 2 aliphatic heterocycles. The maximum atomic E-state index is 12.3. The number of rotatable bonds is 2. The fourth-order valence-electron chi connectivity index (χ4n) is 2.36. The highest BCUT2D eigenvalue weighted by Crippen LogP contribution is 2.35. The van der Waals surface area contributed by atoms with Crippen LogP contribution in [0.5, 0.6) is 11.5 Å². The first-order valence-electron chi connectivity index (χ1n) is 6.57. The zero-order valence-electron chi connectivity index (χ0n) is 11.0. The van der Waals surface area contributed by atoms with E-state index in [1.807, 2.05) is 17.0 Å². The summed E-state index contributed by atoms with van der Waals surface area (Å²) in [6, 6.07) is 3.71. The van der Waals surface area contributed by atoms with Crippen LogP contribution in [0.3, 0.4) is 0 Å². The van der Waals surface area contributed by atoms with Crippen LogP contribution in [0.4, 0.5) is 0 Å². The van der Waals surface area contributed by atoms with Crippen molar-refractivity contribution in [1.29, 1.82) is 0 Å². The Morgan fingerprint density at radius 1 is 1.32 bits per heavy atom. The molecule has 1 aromatic rings. The maximum absolute atomic E-state index is 12.3. The van der Waals surface area contributed by atoms with Crippen LogP contribution in [-0.2, 0) is 6.42 Å². The molecule has 1 amide bonds. The molecule has 0 bridgehead atoms. The third-order valence-electron chi connectivity index (χ3n) is 3.57. The number of hydrogen-bond donors (Lipinski definition) is 0. The number of fused-ring (bicyclic) bond motifs is 1. The van der Waals surface area contributed by atoms with E-state index in [0.29, 0.717) is 17.9 Å². The van der Waals surface area contributed by atoms with E-state index in [1.165, 1.54) is 0 Å². The van der Waals surface area contributed by atoms with Crippen LogP contribution < -0.4 is 9.47 Å². The van der Waals surface area contributed by atoms with E-state index >= 15 is 0 Å². The molecule has 19 heavy (non-hydrogen) atoms. The minimum Gasteiger partial charge on any atom is -0.493 e. The van der Waals surface area contributed by atoms with Crippen LogP contribution >= 0.6 is 0 Å². The zero-order valence-corrected chi connectivity index (χ0v) is 11.0. The minimum absolute atomic E-state index is 0.0839. The minimum atomic E-state index is 0.0839. The molecule has 4 heteroatoms. The Morgan fingerprint density at radius 2 is 2.16 bits per heavy atom. The lowest BCUT2D eigenvalue weighted by atomic mass is 10.0. The highest BCUT2D eigenvalue weighted by Gasteiger charge is 2.24. The van der Waals surface area contributed by atoms with E-state index in [4.69, 9.17) is 9.47 Å². The first kappa shape index (κ1) is 12.1. The number of likely N-dealkylation sites (tertiary alicyclic amines) is 1. The molecule has 2 aliphatic rings. The zero-order chi connectivity index (χ0) is 13.2. The van der Waals surface area contributed by atoms with Crippen molar-refractivity contribution in [1.82, 2.24) is 4.90 Å². The maximum Gasteiger partial charge on any atom is 0.254 e. The normalized spacial score (nSPS) is 17.0. The van der Waals surface area contributed by atoms with Gasteiger partial charge < -0.3 is 14.4 Å². The van der Waals surface area contributed by atoms with Gasteiger partial charge in [0, 0.05) is 24.2 Å². The van der Waals surface area contributed by atoms with Crippen molar-refractivity contribution < 1.29 is 14.3 Å². The second-order valence-electron chi connectivity index (χ2n) is 4.80. The van der Waals surface area contributed by atoms with Gasteiger partial charge in [-0.2, -0.15) is 0 Å². The second-order valence-corrected chi connectivity index (χ2v) is 4.80. The molecule has 1 aromatic carbocycles. The molecular weight excluding hydrogens is 242 g/mol. The Morgan fingerprint density at radius 3 is 2.84 bits per heavy atom. The third-order valence-corrected chi connectivity index (χ3v) is 3.57. The quantitative estimate of drug-likeness (QED) is 0.763. The molecule has 0 spiro atoms. The van der Waals surface area contributed by atoms with Crippen molar-refractivity contribution in [2.45, 2.75) is 12.8 Å². The summed E-state index contributed by atoms with van der Waals surface area (Å²) in [5.41, 5.74) is 1.70. The van der Waals surface area contributed by atoms with Gasteiger partial charge in [0.1, 0.15) is 6.61 Å². The number of nitrogens with zero attached hydrogens (tertiary/aromatic N) is 1. The predicted molar refractivity (Wildman–Crippen MR) is 71.9 cm³/mol. The van der Waals surface area contributed by atoms with Crippen molar-refractivity contribution >= 4 is 5.91 Å². The average molecular weight is 259 g/mol. The molecule has 0 N–H and O–H groups in total. The number of hydrogen-bond acceptors (Lipinski definition) is 3. The van der Waals surface area contributed by atoms with Gasteiger partial charge in [-0.1, -0.05) is 12.2 Å². The smallest absolute Gasteiger partial charge is 0.254 e. The van der Waals surface area contributed by atoms with E-state index in [2.05, 4.69) is 6.08 Å². The molecule has 100 valence electrons. The van der Waals surface area contributed by atoms with E-state index < -0.39 is 0 Å². The number of carbonyl (C=O) groups is 1. The van der Waals surface area contributed by atoms with Crippen molar-refractivity contribution in [2.24, 2.45) is 0 Å². The van der Waals surface area contributed by atoms with E-state index in [1.54, 1.807) is 13.2 Å². The van der Waals surface area contributed by atoms with Gasteiger partial charge >= 0.3 is 0 Å². The Bertz CT molecular complexity index is 532. The van der Waals surface area contributed by atoms with Gasteiger partial charge in [0.15, 0.2) is 11.5 Å². The van der Waals surface area contributed by atoms with Crippen LogP contribution in [0.25, 0.3) is 0 Å². The Labute approximate surface area is 112 Å². The molecular formula is C15H17NO3. The average Bonchev–Trinajstić information content (AvgIpc) is 2.60. The summed E-state index contributed by atoms with van der Waals surface area (Å²) in [5.74, 6) is 1.48. The molecule has 3 rings (SSSR count). The first-order chi connectivity index (χ1) is 9.29. The predicted octanol–water partition coefficient (Wildman–Crippen LogP) is 2.03. The number of allylic oxidation sites excluding steroid dienone is 1. The topological polar surface area (TPSA) is 38.8 Å². The van der Waals surface area contributed by atoms with Gasteiger partial charge in [0.05, 0.1) is 7.11 Å². The Kier molecular flexibility index (Phi) is 3.15. The molecule has 0 saturated carbocycles. The first-order valence-corrected chi connectivity index (χ1v) is 6.57. The van der Waals surface area contributed by atoms with Crippen LogP contribution in [0.1, 0.15) is 22.3 Å². The Hall–Kier alpha value is -1.97. The molecule has 1 fully saturated rings. The van der Waals surface area contributed by atoms with Crippen molar-refractivity contribution in [3.8, 4) is 11.5 Å².